The van der Waals surface area contributed by atoms with E-state index in [2.05, 4.69) is 10.3 Å². The number of halogens is 1. The Labute approximate surface area is 182 Å². The zero-order valence-corrected chi connectivity index (χ0v) is 17.7. The average Bonchev–Trinajstić information content (AvgIpc) is 3.26. The Morgan fingerprint density at radius 3 is 2.81 bits per heavy atom. The molecule has 0 bridgehead atoms. The van der Waals surface area contributed by atoms with Crippen molar-refractivity contribution in [2.45, 2.75) is 45.1 Å². The van der Waals surface area contributed by atoms with Gasteiger partial charge in [0.05, 0.1) is 11.7 Å². The van der Waals surface area contributed by atoms with Crippen LogP contribution in [0.5, 0.6) is 0 Å². The summed E-state index contributed by atoms with van der Waals surface area (Å²) in [5.41, 5.74) is 3.81. The first-order valence-electron chi connectivity index (χ1n) is 10.8. The largest absolute Gasteiger partial charge is 0.340 e. The lowest BCUT2D eigenvalue weighted by Crippen LogP contribution is -2.31. The van der Waals surface area contributed by atoms with Gasteiger partial charge in [0.1, 0.15) is 11.6 Å². The predicted octanol–water partition coefficient (Wildman–Crippen LogP) is 5.35. The average molecular weight is 419 g/mol. The normalized spacial score (nSPS) is 15.8. The van der Waals surface area contributed by atoms with Gasteiger partial charge >= 0.3 is 0 Å². The first-order valence-corrected chi connectivity index (χ1v) is 10.8. The highest BCUT2D eigenvalue weighted by molar-refractivity contribution is 5.77. The van der Waals surface area contributed by atoms with E-state index in [0.717, 1.165) is 60.7 Å². The summed E-state index contributed by atoms with van der Waals surface area (Å²) in [5.74, 6) is 0.702. The van der Waals surface area contributed by atoms with Crippen molar-refractivity contribution < 1.29 is 9.18 Å². The van der Waals surface area contributed by atoms with Crippen LogP contribution in [0.15, 0.2) is 60.8 Å². The van der Waals surface area contributed by atoms with E-state index in [4.69, 9.17) is 4.98 Å². The van der Waals surface area contributed by atoms with Crippen molar-refractivity contribution in [1.82, 2.24) is 14.9 Å². The van der Waals surface area contributed by atoms with Crippen LogP contribution in [0.4, 0.5) is 15.9 Å². The number of rotatable bonds is 7. The molecule has 0 radical (unpaired) electrons. The van der Waals surface area contributed by atoms with E-state index in [0.29, 0.717) is 6.42 Å². The third-order valence-electron chi connectivity index (χ3n) is 5.59. The summed E-state index contributed by atoms with van der Waals surface area (Å²) in [6.45, 7) is 2.73. The van der Waals surface area contributed by atoms with Gasteiger partial charge in [-0.2, -0.15) is 0 Å². The van der Waals surface area contributed by atoms with Crippen LogP contribution in [0.25, 0.3) is 0 Å². The Morgan fingerprint density at radius 1 is 1.19 bits per heavy atom. The summed E-state index contributed by atoms with van der Waals surface area (Å²) in [7, 11) is 0. The first-order chi connectivity index (χ1) is 15.1. The maximum absolute atomic E-state index is 13.0. The Bertz CT molecular complexity index is 1020. The van der Waals surface area contributed by atoms with Crippen molar-refractivity contribution >= 4 is 17.4 Å². The number of carbonyl (C=O) groups excluding carboxylic acids is 1. The van der Waals surface area contributed by atoms with E-state index in [-0.39, 0.29) is 17.8 Å². The lowest BCUT2D eigenvalue weighted by atomic mass is 10.1. The number of pyridine rings is 2. The van der Waals surface area contributed by atoms with Crippen molar-refractivity contribution in [3.63, 3.8) is 0 Å². The molecule has 0 saturated carbocycles. The number of likely N-dealkylation sites (tertiary alicyclic amines) is 1. The van der Waals surface area contributed by atoms with Gasteiger partial charge in [-0.25, -0.2) is 9.37 Å². The number of hydrogen-bond acceptors (Lipinski definition) is 4. The summed E-state index contributed by atoms with van der Waals surface area (Å²) in [6, 6.07) is 16.3. The van der Waals surface area contributed by atoms with Crippen LogP contribution in [0, 0.1) is 12.7 Å². The van der Waals surface area contributed by atoms with E-state index >= 15 is 0 Å². The number of carbonyl (C=O) groups is 1. The van der Waals surface area contributed by atoms with Crippen LogP contribution in [0.3, 0.4) is 0 Å². The highest BCUT2D eigenvalue weighted by atomic mass is 19.1. The molecule has 160 valence electrons. The zero-order chi connectivity index (χ0) is 21.6. The molecule has 3 aromatic rings. The van der Waals surface area contributed by atoms with Crippen molar-refractivity contribution in [3.8, 4) is 0 Å². The maximum atomic E-state index is 13.0. The molecule has 2 aromatic heterocycles. The number of hydrogen-bond donors (Lipinski definition) is 1. The van der Waals surface area contributed by atoms with Crippen molar-refractivity contribution in [2.75, 3.05) is 11.9 Å². The van der Waals surface area contributed by atoms with Crippen molar-refractivity contribution in [1.29, 1.82) is 0 Å². The summed E-state index contributed by atoms with van der Waals surface area (Å²) in [5, 5.41) is 3.33. The number of anilines is 2. The smallest absolute Gasteiger partial charge is 0.223 e. The molecule has 4 rings (SSSR count). The van der Waals surface area contributed by atoms with E-state index < -0.39 is 0 Å². The van der Waals surface area contributed by atoms with E-state index in [1.165, 1.54) is 12.1 Å². The molecule has 0 spiro atoms. The number of nitrogens with one attached hydrogen (secondary N) is 1. The van der Waals surface area contributed by atoms with Gasteiger partial charge in [-0.15, -0.1) is 0 Å². The molecular weight excluding hydrogens is 391 g/mol. The molecule has 1 fully saturated rings. The summed E-state index contributed by atoms with van der Waals surface area (Å²) in [6.07, 6.45) is 5.66. The lowest BCUT2D eigenvalue weighted by Gasteiger charge is -2.25. The molecule has 1 aromatic carbocycles. The molecule has 0 aliphatic carbocycles. The zero-order valence-electron chi connectivity index (χ0n) is 17.7. The molecular formula is C25H27FN4O. The lowest BCUT2D eigenvalue weighted by molar-refractivity contribution is -0.132. The Balaban J connectivity index is 1.41. The molecule has 1 aliphatic rings. The monoisotopic (exact) mass is 418 g/mol. The molecule has 1 amide bonds. The van der Waals surface area contributed by atoms with Crippen LogP contribution >= 0.6 is 0 Å². The third kappa shape index (κ3) is 5.45. The van der Waals surface area contributed by atoms with Gasteiger partial charge in [-0.1, -0.05) is 18.2 Å². The second kappa shape index (κ2) is 9.69. The molecule has 1 unspecified atom stereocenters. The molecule has 5 nitrogen and oxygen atoms in total. The van der Waals surface area contributed by atoms with Gasteiger partial charge in [0.25, 0.3) is 0 Å². The van der Waals surface area contributed by atoms with E-state index in [9.17, 15) is 9.18 Å². The minimum Gasteiger partial charge on any atom is -0.340 e. The van der Waals surface area contributed by atoms with Crippen LogP contribution in [0.2, 0.25) is 0 Å². The van der Waals surface area contributed by atoms with Crippen LogP contribution in [-0.2, 0) is 11.2 Å². The number of amides is 1. The number of aromatic nitrogens is 2. The Kier molecular flexibility index (Phi) is 6.55. The van der Waals surface area contributed by atoms with Gasteiger partial charge in [0.2, 0.25) is 5.91 Å². The minimum absolute atomic E-state index is 0.00232. The highest BCUT2D eigenvalue weighted by Crippen LogP contribution is 2.33. The number of aryl methyl sites for hydroxylation is 2. The van der Waals surface area contributed by atoms with Gasteiger partial charge in [0, 0.05) is 30.5 Å². The summed E-state index contributed by atoms with van der Waals surface area (Å²) >= 11 is 0. The number of benzene rings is 1. The molecule has 3 heterocycles. The van der Waals surface area contributed by atoms with Crippen LogP contribution in [-0.4, -0.2) is 27.3 Å². The van der Waals surface area contributed by atoms with Crippen molar-refractivity contribution in [3.05, 3.63) is 83.6 Å². The third-order valence-corrected chi connectivity index (χ3v) is 5.59. The van der Waals surface area contributed by atoms with E-state index in [1.807, 2.05) is 42.2 Å². The fourth-order valence-electron chi connectivity index (χ4n) is 4.13. The van der Waals surface area contributed by atoms with Gasteiger partial charge in [-0.05, 0) is 74.6 Å². The fraction of sp³-hybridized carbons (Fsp3) is 0.320. The molecule has 1 N–H and O–H groups in total. The van der Waals surface area contributed by atoms with E-state index in [1.54, 1.807) is 18.3 Å². The van der Waals surface area contributed by atoms with Crippen LogP contribution in [0.1, 0.15) is 48.7 Å². The summed E-state index contributed by atoms with van der Waals surface area (Å²) < 4.78 is 13.0. The predicted molar refractivity (Wildman–Crippen MR) is 120 cm³/mol. The number of nitrogens with zero attached hydrogens (tertiary/aromatic N) is 3. The van der Waals surface area contributed by atoms with Gasteiger partial charge < -0.3 is 10.2 Å². The summed E-state index contributed by atoms with van der Waals surface area (Å²) in [4.78, 5) is 24.0. The SMILES string of the molecule is Cc1cc(Nc2ccccn2)cc(C2CCCN2C(=O)CCCc2ccc(F)cc2)n1. The fourth-order valence-corrected chi connectivity index (χ4v) is 4.13. The highest BCUT2D eigenvalue weighted by Gasteiger charge is 2.30. The first kappa shape index (κ1) is 21.0. The maximum Gasteiger partial charge on any atom is 0.223 e. The second-order valence-corrected chi connectivity index (χ2v) is 7.99. The van der Waals surface area contributed by atoms with Crippen LogP contribution < -0.4 is 5.32 Å². The quantitative estimate of drug-likeness (QED) is 0.562. The molecule has 6 heteroatoms. The van der Waals surface area contributed by atoms with Crippen molar-refractivity contribution in [2.24, 2.45) is 0 Å². The minimum atomic E-state index is -0.234. The standard InChI is InChI=1S/C25H27FN4O/c1-18-16-21(29-24-8-2-3-14-27-24)17-22(28-18)23-7-5-15-30(23)25(31)9-4-6-19-10-12-20(26)13-11-19/h2-3,8,10-14,16-17,23H,4-7,9,15H2,1H3,(H,27,28,29). The molecule has 31 heavy (non-hydrogen) atoms. The molecule has 1 atom stereocenters. The Morgan fingerprint density at radius 2 is 2.03 bits per heavy atom. The second-order valence-electron chi connectivity index (χ2n) is 7.99. The molecule has 1 aliphatic heterocycles. The van der Waals surface area contributed by atoms with Gasteiger partial charge in [0.15, 0.2) is 0 Å². The molecule has 1 saturated heterocycles. The topological polar surface area (TPSA) is 58.1 Å². The van der Waals surface area contributed by atoms with Gasteiger partial charge in [-0.3, -0.25) is 9.78 Å². The Hall–Kier alpha value is -3.28.